The first-order valence-corrected chi connectivity index (χ1v) is 12.7. The van der Waals surface area contributed by atoms with Gasteiger partial charge in [-0.25, -0.2) is 4.98 Å². The van der Waals surface area contributed by atoms with Gasteiger partial charge in [0.15, 0.2) is 5.69 Å². The maximum Gasteiger partial charge on any atom is 0.273 e. The Bertz CT molecular complexity index is 1110. The van der Waals surface area contributed by atoms with E-state index in [9.17, 15) is 14.4 Å². The van der Waals surface area contributed by atoms with Crippen molar-refractivity contribution >= 4 is 17.7 Å². The molecular formula is C26H36N6O5. The third kappa shape index (κ3) is 5.78. The van der Waals surface area contributed by atoms with Crippen LogP contribution in [0.5, 0.6) is 5.75 Å². The average molecular weight is 513 g/mol. The lowest BCUT2D eigenvalue weighted by molar-refractivity contribution is -0.133. The van der Waals surface area contributed by atoms with Gasteiger partial charge in [0.2, 0.25) is 5.91 Å². The van der Waals surface area contributed by atoms with Crippen LogP contribution in [-0.4, -0.2) is 95.7 Å². The Morgan fingerprint density at radius 2 is 1.86 bits per heavy atom. The Labute approximate surface area is 217 Å². The summed E-state index contributed by atoms with van der Waals surface area (Å²) in [6, 6.07) is 7.44. The molecule has 11 heteroatoms. The Kier molecular flexibility index (Phi) is 8.45. The quantitative estimate of drug-likeness (QED) is 0.486. The number of aromatic nitrogens is 2. The molecule has 3 heterocycles. The molecule has 0 aliphatic carbocycles. The van der Waals surface area contributed by atoms with E-state index in [0.717, 1.165) is 24.4 Å². The second-order valence-corrected chi connectivity index (χ2v) is 9.54. The number of hydrogen-bond donors (Lipinski definition) is 2. The topological polar surface area (TPSA) is 118 Å². The summed E-state index contributed by atoms with van der Waals surface area (Å²) in [5.41, 5.74) is 0.102. The zero-order chi connectivity index (χ0) is 26.4. The average Bonchev–Trinajstić information content (AvgIpc) is 3.34. The zero-order valence-corrected chi connectivity index (χ0v) is 21.8. The second-order valence-electron chi connectivity index (χ2n) is 9.54. The van der Waals surface area contributed by atoms with E-state index in [2.05, 4.69) is 20.5 Å². The number of methoxy groups -OCH3 is 1. The van der Waals surface area contributed by atoms with Crippen LogP contribution in [0.4, 0.5) is 0 Å². The van der Waals surface area contributed by atoms with Gasteiger partial charge in [-0.3, -0.25) is 19.3 Å². The van der Waals surface area contributed by atoms with Gasteiger partial charge >= 0.3 is 0 Å². The first-order chi connectivity index (χ1) is 17.9. The molecule has 2 aliphatic rings. The number of carbonyl (C=O) groups is 3. The number of rotatable bonds is 10. The molecular weight excluding hydrogens is 476 g/mol. The van der Waals surface area contributed by atoms with Crippen molar-refractivity contribution in [3.63, 3.8) is 0 Å². The Morgan fingerprint density at radius 3 is 2.54 bits per heavy atom. The van der Waals surface area contributed by atoms with E-state index in [-0.39, 0.29) is 35.7 Å². The van der Waals surface area contributed by atoms with Crippen LogP contribution in [0.2, 0.25) is 0 Å². The summed E-state index contributed by atoms with van der Waals surface area (Å²) in [5.74, 6) is -0.283. The van der Waals surface area contributed by atoms with Gasteiger partial charge in [0.05, 0.1) is 33.2 Å². The molecule has 2 aliphatic heterocycles. The van der Waals surface area contributed by atoms with Gasteiger partial charge in [0.25, 0.3) is 11.8 Å². The highest BCUT2D eigenvalue weighted by atomic mass is 16.5. The van der Waals surface area contributed by atoms with E-state index >= 15 is 0 Å². The van der Waals surface area contributed by atoms with E-state index < -0.39 is 5.54 Å². The summed E-state index contributed by atoms with van der Waals surface area (Å²) in [7, 11) is 1.60. The highest BCUT2D eigenvalue weighted by Crippen LogP contribution is 2.29. The summed E-state index contributed by atoms with van der Waals surface area (Å²) in [4.78, 5) is 48.1. The van der Waals surface area contributed by atoms with Gasteiger partial charge in [0.1, 0.15) is 17.0 Å². The monoisotopic (exact) mass is 512 g/mol. The number of carbonyl (C=O) groups excluding carboxylic acids is 3. The van der Waals surface area contributed by atoms with Crippen molar-refractivity contribution < 1.29 is 23.9 Å². The molecule has 1 aromatic heterocycles. The number of benzene rings is 1. The number of hydrogen-bond acceptors (Lipinski definition) is 7. The molecule has 4 rings (SSSR count). The Balaban J connectivity index is 1.46. The molecule has 1 fully saturated rings. The standard InChI is InChI=1S/C26H36N6O5/c1-4-10-32-24(34)22-21(23(33)27-9-11-30-12-14-37-15-13-30)29-18-31(22)17-26(32,2)25(35)28-16-19-5-7-20(36-3)8-6-19/h5-8,18H,4,9-17H2,1-3H3,(H,27,33)(H,28,35)/t26-/m0/s1. The van der Waals surface area contributed by atoms with Gasteiger partial charge < -0.3 is 29.6 Å². The van der Waals surface area contributed by atoms with Crippen LogP contribution < -0.4 is 15.4 Å². The molecule has 3 amide bonds. The molecule has 37 heavy (non-hydrogen) atoms. The molecule has 200 valence electrons. The molecule has 2 N–H and O–H groups in total. The number of amides is 3. The lowest BCUT2D eigenvalue weighted by Gasteiger charge is -2.43. The van der Waals surface area contributed by atoms with Crippen molar-refractivity contribution in [2.75, 3.05) is 53.0 Å². The minimum atomic E-state index is -1.13. The summed E-state index contributed by atoms with van der Waals surface area (Å²) in [5, 5.41) is 5.86. The number of morpholine rings is 1. The predicted molar refractivity (Wildman–Crippen MR) is 136 cm³/mol. The van der Waals surface area contributed by atoms with E-state index in [1.165, 1.54) is 6.33 Å². The number of nitrogens with one attached hydrogen (secondary N) is 2. The van der Waals surface area contributed by atoms with Crippen molar-refractivity contribution in [1.29, 1.82) is 0 Å². The molecule has 1 aromatic carbocycles. The van der Waals surface area contributed by atoms with E-state index in [1.54, 1.807) is 23.5 Å². The predicted octanol–water partition coefficient (Wildman–Crippen LogP) is 0.895. The molecule has 0 bridgehead atoms. The fourth-order valence-electron chi connectivity index (χ4n) is 4.78. The zero-order valence-electron chi connectivity index (χ0n) is 21.8. The van der Waals surface area contributed by atoms with Crippen molar-refractivity contribution in [1.82, 2.24) is 30.0 Å². The Morgan fingerprint density at radius 1 is 1.14 bits per heavy atom. The minimum absolute atomic E-state index is 0.0915. The number of imidazole rings is 1. The summed E-state index contributed by atoms with van der Waals surface area (Å²) >= 11 is 0. The van der Waals surface area contributed by atoms with Crippen LogP contribution in [0.25, 0.3) is 0 Å². The van der Waals surface area contributed by atoms with Crippen molar-refractivity contribution in [3.05, 3.63) is 47.5 Å². The third-order valence-electron chi connectivity index (χ3n) is 6.94. The van der Waals surface area contributed by atoms with Crippen LogP contribution >= 0.6 is 0 Å². The van der Waals surface area contributed by atoms with Crippen LogP contribution in [0.3, 0.4) is 0 Å². The fraction of sp³-hybridized carbons (Fsp3) is 0.538. The second kappa shape index (κ2) is 11.7. The lowest BCUT2D eigenvalue weighted by atomic mass is 9.94. The maximum atomic E-state index is 13.6. The molecule has 2 aromatic rings. The van der Waals surface area contributed by atoms with Crippen molar-refractivity contribution in [2.45, 2.75) is 38.9 Å². The van der Waals surface area contributed by atoms with Gasteiger partial charge in [-0.1, -0.05) is 19.1 Å². The molecule has 11 nitrogen and oxygen atoms in total. The van der Waals surface area contributed by atoms with E-state index in [1.807, 2.05) is 31.2 Å². The molecule has 0 radical (unpaired) electrons. The summed E-state index contributed by atoms with van der Waals surface area (Å²) < 4.78 is 12.2. The van der Waals surface area contributed by atoms with Crippen molar-refractivity contribution in [2.24, 2.45) is 0 Å². The van der Waals surface area contributed by atoms with Gasteiger partial charge in [0, 0.05) is 39.3 Å². The normalized spacial score (nSPS) is 19.9. The molecule has 0 saturated carbocycles. The van der Waals surface area contributed by atoms with Crippen molar-refractivity contribution in [3.8, 4) is 5.75 Å². The first kappa shape index (κ1) is 26.6. The van der Waals surface area contributed by atoms with Crippen LogP contribution in [-0.2, 0) is 22.6 Å². The smallest absolute Gasteiger partial charge is 0.273 e. The third-order valence-corrected chi connectivity index (χ3v) is 6.94. The van der Waals surface area contributed by atoms with Gasteiger partial charge in [-0.05, 0) is 31.0 Å². The minimum Gasteiger partial charge on any atom is -0.497 e. The van der Waals surface area contributed by atoms with Crippen LogP contribution in [0.1, 0.15) is 46.8 Å². The largest absolute Gasteiger partial charge is 0.497 e. The molecule has 1 saturated heterocycles. The fourth-order valence-corrected chi connectivity index (χ4v) is 4.78. The SMILES string of the molecule is CCCN1C(=O)c2c(C(=O)NCCN3CCOCC3)ncn2C[C@@]1(C)C(=O)NCc1ccc(OC)cc1. The molecule has 1 atom stereocenters. The van der Waals surface area contributed by atoms with E-state index in [0.29, 0.717) is 45.8 Å². The van der Waals surface area contributed by atoms with E-state index in [4.69, 9.17) is 9.47 Å². The van der Waals surface area contributed by atoms with Crippen LogP contribution in [0.15, 0.2) is 30.6 Å². The first-order valence-electron chi connectivity index (χ1n) is 12.7. The number of nitrogens with zero attached hydrogens (tertiary/aromatic N) is 4. The lowest BCUT2D eigenvalue weighted by Crippen LogP contribution is -2.64. The highest BCUT2D eigenvalue weighted by Gasteiger charge is 2.48. The number of fused-ring (bicyclic) bond motifs is 1. The van der Waals surface area contributed by atoms with Crippen LogP contribution in [0, 0.1) is 0 Å². The maximum absolute atomic E-state index is 13.6. The molecule has 0 unspecified atom stereocenters. The van der Waals surface area contributed by atoms with Gasteiger partial charge in [-0.2, -0.15) is 0 Å². The summed E-state index contributed by atoms with van der Waals surface area (Å²) in [6.07, 6.45) is 2.14. The van der Waals surface area contributed by atoms with Gasteiger partial charge in [-0.15, -0.1) is 0 Å². The number of ether oxygens (including phenoxy) is 2. The highest BCUT2D eigenvalue weighted by molar-refractivity contribution is 6.07. The Hall–Kier alpha value is -3.44. The summed E-state index contributed by atoms with van der Waals surface area (Å²) in [6.45, 7) is 8.82. The molecule has 0 spiro atoms.